The maximum Gasteiger partial charge on any atom is 0.253 e. The fourth-order valence-corrected chi connectivity index (χ4v) is 4.08. The average molecular weight is 383 g/mol. The van der Waals surface area contributed by atoms with Crippen molar-refractivity contribution in [2.24, 2.45) is 0 Å². The van der Waals surface area contributed by atoms with E-state index in [1.165, 1.54) is 17.0 Å². The van der Waals surface area contributed by atoms with Crippen LogP contribution >= 0.6 is 0 Å². The summed E-state index contributed by atoms with van der Waals surface area (Å²) in [6.45, 7) is 3.90. The second-order valence-electron chi connectivity index (χ2n) is 6.34. The van der Waals surface area contributed by atoms with Gasteiger partial charge in [0.25, 0.3) is 5.56 Å². The van der Waals surface area contributed by atoms with Crippen molar-refractivity contribution in [3.8, 4) is 11.3 Å². The monoisotopic (exact) mass is 383 g/mol. The van der Waals surface area contributed by atoms with Gasteiger partial charge < -0.3 is 0 Å². The van der Waals surface area contributed by atoms with E-state index in [0.29, 0.717) is 11.3 Å². The third-order valence-electron chi connectivity index (χ3n) is 4.23. The zero-order chi connectivity index (χ0) is 19.4. The fraction of sp³-hybridized carbons (Fsp3) is 0.200. The number of benzene rings is 2. The molecular formula is C20H21N3O3S. The topological polar surface area (TPSA) is 81.1 Å². The predicted octanol–water partition coefficient (Wildman–Crippen LogP) is 2.51. The molecule has 0 saturated carbocycles. The summed E-state index contributed by atoms with van der Waals surface area (Å²) in [5.74, 6) is 0. The number of aryl methyl sites for hydroxylation is 2. The summed E-state index contributed by atoms with van der Waals surface area (Å²) in [6, 6.07) is 16.2. The molecule has 3 aromatic rings. The highest BCUT2D eigenvalue weighted by atomic mass is 32.2. The Morgan fingerprint density at radius 2 is 1.78 bits per heavy atom. The maximum absolute atomic E-state index is 12.5. The molecule has 1 heterocycles. The molecule has 27 heavy (non-hydrogen) atoms. The maximum atomic E-state index is 12.5. The van der Waals surface area contributed by atoms with Crippen molar-refractivity contribution in [1.29, 1.82) is 0 Å². The van der Waals surface area contributed by atoms with Gasteiger partial charge in [-0.2, -0.15) is 0 Å². The van der Waals surface area contributed by atoms with E-state index in [4.69, 9.17) is 0 Å². The lowest BCUT2D eigenvalue weighted by Gasteiger charge is -2.11. The molecule has 7 heteroatoms. The van der Waals surface area contributed by atoms with Crippen LogP contribution in [0.15, 0.2) is 70.6 Å². The molecule has 0 radical (unpaired) electrons. The molecule has 0 aliphatic rings. The molecule has 0 aliphatic carbocycles. The van der Waals surface area contributed by atoms with E-state index in [1.54, 1.807) is 19.1 Å². The molecule has 0 aliphatic heterocycles. The Morgan fingerprint density at radius 3 is 2.48 bits per heavy atom. The number of nitrogens with one attached hydrogen (secondary N) is 1. The van der Waals surface area contributed by atoms with Gasteiger partial charge in [0.2, 0.25) is 10.0 Å². The fourth-order valence-electron chi connectivity index (χ4n) is 2.74. The first-order valence-corrected chi connectivity index (χ1v) is 10.0. The van der Waals surface area contributed by atoms with Crippen molar-refractivity contribution in [3.05, 3.63) is 82.4 Å². The zero-order valence-electron chi connectivity index (χ0n) is 15.2. The number of aromatic nitrogens is 2. The Balaban J connectivity index is 1.70. The minimum absolute atomic E-state index is 0.0992. The normalized spacial score (nSPS) is 11.5. The lowest BCUT2D eigenvalue weighted by atomic mass is 10.1. The molecule has 0 bridgehead atoms. The molecule has 1 aromatic heterocycles. The summed E-state index contributed by atoms with van der Waals surface area (Å²) in [6.07, 6.45) is 1.44. The van der Waals surface area contributed by atoms with E-state index < -0.39 is 10.0 Å². The van der Waals surface area contributed by atoms with Gasteiger partial charge in [0.1, 0.15) is 0 Å². The van der Waals surface area contributed by atoms with Crippen molar-refractivity contribution >= 4 is 10.0 Å². The van der Waals surface area contributed by atoms with Gasteiger partial charge in [-0.15, -0.1) is 0 Å². The first-order chi connectivity index (χ1) is 12.9. The largest absolute Gasteiger partial charge is 0.298 e. The summed E-state index contributed by atoms with van der Waals surface area (Å²) in [4.78, 5) is 16.8. The highest BCUT2D eigenvalue weighted by Crippen LogP contribution is 2.16. The molecule has 1 N–H and O–H groups in total. The Bertz CT molecular complexity index is 1110. The van der Waals surface area contributed by atoms with Gasteiger partial charge in [0.05, 0.1) is 16.9 Å². The van der Waals surface area contributed by atoms with Crippen LogP contribution in [0.3, 0.4) is 0 Å². The lowest BCUT2D eigenvalue weighted by Crippen LogP contribution is -2.31. The second-order valence-corrected chi connectivity index (χ2v) is 8.07. The number of hydrogen-bond donors (Lipinski definition) is 1. The van der Waals surface area contributed by atoms with E-state index in [-0.39, 0.29) is 23.5 Å². The van der Waals surface area contributed by atoms with Crippen LogP contribution in [0.2, 0.25) is 0 Å². The third-order valence-corrected chi connectivity index (χ3v) is 5.83. The van der Waals surface area contributed by atoms with Crippen molar-refractivity contribution in [2.45, 2.75) is 25.3 Å². The van der Waals surface area contributed by atoms with Crippen LogP contribution in [0.4, 0.5) is 0 Å². The molecule has 0 atom stereocenters. The molecule has 0 fully saturated rings. The average Bonchev–Trinajstić information content (AvgIpc) is 2.65. The second kappa shape index (κ2) is 7.85. The Hall–Kier alpha value is -2.77. The van der Waals surface area contributed by atoms with Crippen molar-refractivity contribution < 1.29 is 8.42 Å². The van der Waals surface area contributed by atoms with E-state index >= 15 is 0 Å². The van der Waals surface area contributed by atoms with Gasteiger partial charge in [-0.05, 0) is 31.0 Å². The van der Waals surface area contributed by atoms with E-state index in [9.17, 15) is 13.2 Å². The first kappa shape index (κ1) is 19.0. The van der Waals surface area contributed by atoms with Crippen LogP contribution in [0.1, 0.15) is 11.1 Å². The summed E-state index contributed by atoms with van der Waals surface area (Å²) in [5.41, 5.74) is 2.78. The molecular weight excluding hydrogens is 362 g/mol. The highest BCUT2D eigenvalue weighted by molar-refractivity contribution is 7.89. The molecule has 0 amide bonds. The lowest BCUT2D eigenvalue weighted by molar-refractivity contribution is 0.568. The standard InChI is InChI=1S/C20H21N3O3S/c1-15-8-9-16(2)19(12-15)27(25,26)22-10-11-23-14-21-18(13-20(23)24)17-6-4-3-5-7-17/h3-9,12-14,22H,10-11H2,1-2H3. The Kier molecular flexibility index (Phi) is 5.53. The van der Waals surface area contributed by atoms with Crippen LogP contribution in [-0.2, 0) is 16.6 Å². The highest BCUT2D eigenvalue weighted by Gasteiger charge is 2.16. The molecule has 0 saturated heterocycles. The molecule has 3 rings (SSSR count). The molecule has 2 aromatic carbocycles. The molecule has 6 nitrogen and oxygen atoms in total. The summed E-state index contributed by atoms with van der Waals surface area (Å²) in [5, 5.41) is 0. The number of nitrogens with zero attached hydrogens (tertiary/aromatic N) is 2. The summed E-state index contributed by atoms with van der Waals surface area (Å²) in [7, 11) is -3.63. The zero-order valence-corrected chi connectivity index (χ0v) is 16.0. The van der Waals surface area contributed by atoms with Gasteiger partial charge in [-0.3, -0.25) is 9.36 Å². The van der Waals surface area contributed by atoms with Crippen molar-refractivity contribution in [1.82, 2.24) is 14.3 Å². The minimum atomic E-state index is -3.63. The van der Waals surface area contributed by atoms with Gasteiger partial charge in [0.15, 0.2) is 0 Å². The summed E-state index contributed by atoms with van der Waals surface area (Å²) >= 11 is 0. The Labute approximate surface area is 158 Å². The number of rotatable bonds is 6. The van der Waals surface area contributed by atoms with E-state index in [1.807, 2.05) is 43.3 Å². The number of sulfonamides is 1. The summed E-state index contributed by atoms with van der Waals surface area (Å²) < 4.78 is 28.9. The SMILES string of the molecule is Cc1ccc(C)c(S(=O)(=O)NCCn2cnc(-c3ccccc3)cc2=O)c1. The molecule has 140 valence electrons. The van der Waals surface area contributed by atoms with Crippen LogP contribution < -0.4 is 10.3 Å². The predicted molar refractivity (Wildman–Crippen MR) is 105 cm³/mol. The third kappa shape index (κ3) is 4.50. The molecule has 0 unspecified atom stereocenters. The van der Waals surface area contributed by atoms with Crippen molar-refractivity contribution in [2.75, 3.05) is 6.54 Å². The first-order valence-electron chi connectivity index (χ1n) is 8.56. The van der Waals surface area contributed by atoms with Crippen LogP contribution in [0.5, 0.6) is 0 Å². The van der Waals surface area contributed by atoms with E-state index in [2.05, 4.69) is 9.71 Å². The number of hydrogen-bond acceptors (Lipinski definition) is 4. The van der Waals surface area contributed by atoms with E-state index in [0.717, 1.165) is 11.1 Å². The van der Waals surface area contributed by atoms with Gasteiger partial charge in [-0.25, -0.2) is 18.1 Å². The molecule has 0 spiro atoms. The van der Waals surface area contributed by atoms with Crippen LogP contribution in [0.25, 0.3) is 11.3 Å². The quantitative estimate of drug-likeness (QED) is 0.709. The smallest absolute Gasteiger partial charge is 0.253 e. The Morgan fingerprint density at radius 1 is 1.04 bits per heavy atom. The van der Waals surface area contributed by atoms with Crippen molar-refractivity contribution in [3.63, 3.8) is 0 Å². The van der Waals surface area contributed by atoms with Crippen LogP contribution in [0, 0.1) is 13.8 Å². The van der Waals surface area contributed by atoms with Crippen LogP contribution in [-0.4, -0.2) is 24.5 Å². The minimum Gasteiger partial charge on any atom is -0.298 e. The van der Waals surface area contributed by atoms with Gasteiger partial charge >= 0.3 is 0 Å². The van der Waals surface area contributed by atoms with Gasteiger partial charge in [-0.1, -0.05) is 42.5 Å². The van der Waals surface area contributed by atoms with Gasteiger partial charge in [0, 0.05) is 24.7 Å².